The van der Waals surface area contributed by atoms with Gasteiger partial charge in [-0.15, -0.1) is 10.2 Å². The first kappa shape index (κ1) is 23.0. The molecule has 9 heteroatoms. The maximum atomic E-state index is 12.8. The molecule has 4 rings (SSSR count). The second-order valence-electron chi connectivity index (χ2n) is 8.20. The van der Waals surface area contributed by atoms with E-state index in [-0.39, 0.29) is 18.0 Å². The molecule has 3 aromatic rings. The summed E-state index contributed by atoms with van der Waals surface area (Å²) in [5.74, 6) is 3.33. The van der Waals surface area contributed by atoms with Crippen LogP contribution >= 0.6 is 11.8 Å². The Balaban J connectivity index is 1.44. The molecule has 2 heterocycles. The average molecular weight is 469 g/mol. The Morgan fingerprint density at radius 1 is 1.12 bits per heavy atom. The Morgan fingerprint density at radius 2 is 1.88 bits per heavy atom. The zero-order valence-corrected chi connectivity index (χ0v) is 20.0. The third-order valence-electron chi connectivity index (χ3n) is 5.17. The van der Waals surface area contributed by atoms with Gasteiger partial charge in [-0.2, -0.15) is 0 Å². The summed E-state index contributed by atoms with van der Waals surface area (Å²) in [6.07, 6.45) is 0. The summed E-state index contributed by atoms with van der Waals surface area (Å²) in [6.45, 7) is 7.56. The molecule has 0 radical (unpaired) electrons. The highest BCUT2D eigenvalue weighted by molar-refractivity contribution is 8.00. The topological polar surface area (TPSA) is 87.5 Å². The molecule has 1 aliphatic rings. The fourth-order valence-electron chi connectivity index (χ4n) is 3.45. The van der Waals surface area contributed by atoms with Gasteiger partial charge in [-0.1, -0.05) is 31.7 Å². The minimum Gasteiger partial charge on any atom is -0.497 e. The minimum atomic E-state index is -0.335. The standard InChI is InChI=1S/C24H28N4O4S/c1-15(2)13-28-22(18-6-8-19(30-4)9-7-18)26-27-24(28)33-16(3)23(29)25-12-17-5-10-20-21(11-17)32-14-31-20/h5-11,15-16H,12-14H2,1-4H3,(H,25,29). The van der Waals surface area contributed by atoms with E-state index in [0.717, 1.165) is 40.2 Å². The first-order valence-corrected chi connectivity index (χ1v) is 11.7. The number of benzene rings is 2. The summed E-state index contributed by atoms with van der Waals surface area (Å²) in [5, 5.41) is 12.2. The van der Waals surface area contributed by atoms with Crippen molar-refractivity contribution in [2.45, 2.75) is 44.3 Å². The Hall–Kier alpha value is -3.20. The zero-order chi connectivity index (χ0) is 23.4. The van der Waals surface area contributed by atoms with Crippen molar-refractivity contribution in [3.63, 3.8) is 0 Å². The van der Waals surface area contributed by atoms with Gasteiger partial charge in [0.25, 0.3) is 0 Å². The summed E-state index contributed by atoms with van der Waals surface area (Å²) >= 11 is 1.41. The van der Waals surface area contributed by atoms with Crippen LogP contribution in [0.2, 0.25) is 0 Å². The van der Waals surface area contributed by atoms with Crippen molar-refractivity contribution in [3.05, 3.63) is 48.0 Å². The number of rotatable bonds is 9. The Bertz CT molecular complexity index is 1110. The van der Waals surface area contributed by atoms with Crippen LogP contribution in [0, 0.1) is 5.92 Å². The normalized spacial score (nSPS) is 13.2. The highest BCUT2D eigenvalue weighted by Gasteiger charge is 2.22. The number of fused-ring (bicyclic) bond motifs is 1. The van der Waals surface area contributed by atoms with Gasteiger partial charge in [0.2, 0.25) is 12.7 Å². The smallest absolute Gasteiger partial charge is 0.233 e. The summed E-state index contributed by atoms with van der Waals surface area (Å²) in [5.41, 5.74) is 1.91. The lowest BCUT2D eigenvalue weighted by Gasteiger charge is -2.15. The van der Waals surface area contributed by atoms with Gasteiger partial charge >= 0.3 is 0 Å². The van der Waals surface area contributed by atoms with Gasteiger partial charge in [-0.25, -0.2) is 0 Å². The van der Waals surface area contributed by atoms with Crippen LogP contribution in [0.1, 0.15) is 26.3 Å². The summed E-state index contributed by atoms with van der Waals surface area (Å²) in [7, 11) is 1.64. The fraction of sp³-hybridized carbons (Fsp3) is 0.375. The average Bonchev–Trinajstić information content (AvgIpc) is 3.44. The van der Waals surface area contributed by atoms with E-state index in [1.807, 2.05) is 49.4 Å². The van der Waals surface area contributed by atoms with Crippen LogP contribution < -0.4 is 19.5 Å². The van der Waals surface area contributed by atoms with Crippen molar-refractivity contribution in [2.24, 2.45) is 5.92 Å². The fourth-order valence-corrected chi connectivity index (χ4v) is 4.34. The number of hydrogen-bond donors (Lipinski definition) is 1. The summed E-state index contributed by atoms with van der Waals surface area (Å²) in [4.78, 5) is 12.8. The number of carbonyl (C=O) groups is 1. The Kier molecular flexibility index (Phi) is 7.08. The van der Waals surface area contributed by atoms with Crippen LogP contribution in [0.15, 0.2) is 47.6 Å². The molecule has 1 aliphatic heterocycles. The van der Waals surface area contributed by atoms with Gasteiger partial charge in [-0.05, 0) is 54.8 Å². The molecule has 1 unspecified atom stereocenters. The van der Waals surface area contributed by atoms with Crippen molar-refractivity contribution in [3.8, 4) is 28.6 Å². The third kappa shape index (κ3) is 5.42. The monoisotopic (exact) mass is 468 g/mol. The summed E-state index contributed by atoms with van der Waals surface area (Å²) < 4.78 is 18.1. The van der Waals surface area contributed by atoms with E-state index < -0.39 is 0 Å². The largest absolute Gasteiger partial charge is 0.497 e. The number of nitrogens with one attached hydrogen (secondary N) is 1. The quantitative estimate of drug-likeness (QED) is 0.472. The number of thioether (sulfide) groups is 1. The molecule has 0 fully saturated rings. The van der Waals surface area contributed by atoms with Gasteiger partial charge in [0.15, 0.2) is 22.5 Å². The summed E-state index contributed by atoms with van der Waals surface area (Å²) in [6, 6.07) is 13.4. The zero-order valence-electron chi connectivity index (χ0n) is 19.2. The van der Waals surface area contributed by atoms with Crippen LogP contribution in [0.25, 0.3) is 11.4 Å². The Labute approximate surface area is 197 Å². The lowest BCUT2D eigenvalue weighted by Crippen LogP contribution is -2.30. The van der Waals surface area contributed by atoms with Crippen LogP contribution in [-0.4, -0.2) is 39.8 Å². The first-order valence-electron chi connectivity index (χ1n) is 10.8. The Morgan fingerprint density at radius 3 is 2.61 bits per heavy atom. The van der Waals surface area contributed by atoms with E-state index in [9.17, 15) is 4.79 Å². The van der Waals surface area contributed by atoms with E-state index in [2.05, 4.69) is 33.9 Å². The molecule has 1 amide bonds. The second-order valence-corrected chi connectivity index (χ2v) is 9.51. The van der Waals surface area contributed by atoms with Gasteiger partial charge in [0.1, 0.15) is 5.75 Å². The molecule has 2 aromatic carbocycles. The highest BCUT2D eigenvalue weighted by Crippen LogP contribution is 2.33. The van der Waals surface area contributed by atoms with Crippen molar-refractivity contribution in [1.82, 2.24) is 20.1 Å². The molecule has 0 aliphatic carbocycles. The molecule has 0 bridgehead atoms. The second kappa shape index (κ2) is 10.2. The molecule has 1 N–H and O–H groups in total. The third-order valence-corrected chi connectivity index (χ3v) is 6.25. The molecule has 1 atom stereocenters. The number of carbonyl (C=O) groups excluding carboxylic acids is 1. The van der Waals surface area contributed by atoms with Crippen LogP contribution in [0.4, 0.5) is 0 Å². The van der Waals surface area contributed by atoms with Crippen LogP contribution in [0.5, 0.6) is 17.2 Å². The SMILES string of the molecule is COc1ccc(-c2nnc(SC(C)C(=O)NCc3ccc4c(c3)OCO4)n2CC(C)C)cc1. The minimum absolute atomic E-state index is 0.0669. The molecule has 0 saturated heterocycles. The molecular weight excluding hydrogens is 440 g/mol. The van der Waals surface area contributed by atoms with Crippen LogP contribution in [-0.2, 0) is 17.9 Å². The molecule has 0 spiro atoms. The molecular formula is C24H28N4O4S. The van der Waals surface area contributed by atoms with E-state index in [4.69, 9.17) is 14.2 Å². The molecule has 8 nitrogen and oxygen atoms in total. The lowest BCUT2D eigenvalue weighted by atomic mass is 10.2. The first-order chi connectivity index (χ1) is 15.9. The van der Waals surface area contributed by atoms with Crippen molar-refractivity contribution >= 4 is 17.7 Å². The highest BCUT2D eigenvalue weighted by atomic mass is 32.2. The number of nitrogens with zero attached hydrogens (tertiary/aromatic N) is 3. The molecule has 0 saturated carbocycles. The number of ether oxygens (including phenoxy) is 3. The van der Waals surface area contributed by atoms with Crippen molar-refractivity contribution in [1.29, 1.82) is 0 Å². The number of hydrogen-bond acceptors (Lipinski definition) is 7. The maximum absolute atomic E-state index is 12.8. The predicted molar refractivity (Wildman–Crippen MR) is 127 cm³/mol. The van der Waals surface area contributed by atoms with Gasteiger partial charge in [-0.3, -0.25) is 4.79 Å². The van der Waals surface area contributed by atoms with Crippen molar-refractivity contribution in [2.75, 3.05) is 13.9 Å². The van der Waals surface area contributed by atoms with Gasteiger partial charge in [0, 0.05) is 18.7 Å². The number of aromatic nitrogens is 3. The number of methoxy groups -OCH3 is 1. The van der Waals surface area contributed by atoms with Crippen molar-refractivity contribution < 1.29 is 19.0 Å². The van der Waals surface area contributed by atoms with Gasteiger partial charge < -0.3 is 24.1 Å². The van der Waals surface area contributed by atoms with Crippen LogP contribution in [0.3, 0.4) is 0 Å². The molecule has 33 heavy (non-hydrogen) atoms. The van der Waals surface area contributed by atoms with E-state index in [1.165, 1.54) is 11.8 Å². The molecule has 174 valence electrons. The number of amides is 1. The van der Waals surface area contributed by atoms with Gasteiger partial charge in [0.05, 0.1) is 12.4 Å². The molecule has 1 aromatic heterocycles. The predicted octanol–water partition coefficient (Wildman–Crippen LogP) is 4.14. The lowest BCUT2D eigenvalue weighted by molar-refractivity contribution is -0.120. The van der Waals surface area contributed by atoms with E-state index in [1.54, 1.807) is 7.11 Å². The van der Waals surface area contributed by atoms with E-state index >= 15 is 0 Å². The maximum Gasteiger partial charge on any atom is 0.233 e. The van der Waals surface area contributed by atoms with E-state index in [0.29, 0.717) is 18.2 Å².